The van der Waals surface area contributed by atoms with E-state index in [9.17, 15) is 4.79 Å². The first-order valence-corrected chi connectivity index (χ1v) is 11.5. The van der Waals surface area contributed by atoms with Gasteiger partial charge in [0.05, 0.1) is 5.75 Å². The minimum atomic E-state index is 0.0549. The molecule has 2 atom stereocenters. The summed E-state index contributed by atoms with van der Waals surface area (Å²) in [5.41, 5.74) is 0.755. The van der Waals surface area contributed by atoms with Crippen molar-refractivity contribution in [1.29, 1.82) is 0 Å². The van der Waals surface area contributed by atoms with E-state index in [1.54, 1.807) is 6.07 Å². The molecule has 29 heavy (non-hydrogen) atoms. The second-order valence-electron chi connectivity index (χ2n) is 7.57. The Morgan fingerprint density at radius 3 is 2.93 bits per heavy atom. The number of furan rings is 1. The number of halogens is 1. The smallest absolute Gasteiger partial charge is 0.230 e. The summed E-state index contributed by atoms with van der Waals surface area (Å²) in [5.74, 6) is 2.23. The number of thioether (sulfide) groups is 1. The summed E-state index contributed by atoms with van der Waals surface area (Å²) < 4.78 is 7.91. The average molecular weight is 433 g/mol. The molecule has 6 nitrogen and oxygen atoms in total. The third-order valence-electron chi connectivity index (χ3n) is 5.52. The van der Waals surface area contributed by atoms with Gasteiger partial charge in [-0.15, -0.1) is 10.2 Å². The standard InChI is InChI=1S/C21H25ClN4O2S/c1-3-26-20(18-11-14-10-15(22)8-9-17(14)28-18)24-25-21(26)29-12-19(27)23-16-7-5-4-6-13(16)2/h8-11,13,16H,3-7,12H2,1-2H3,(H,23,27)/t13-,16+/m1/s1. The normalized spacial score (nSPS) is 19.6. The molecular weight excluding hydrogens is 408 g/mol. The van der Waals surface area contributed by atoms with Crippen molar-refractivity contribution in [2.24, 2.45) is 5.92 Å². The first-order valence-electron chi connectivity index (χ1n) is 10.1. The van der Waals surface area contributed by atoms with Crippen LogP contribution in [-0.2, 0) is 11.3 Å². The molecule has 3 aromatic rings. The highest BCUT2D eigenvalue weighted by molar-refractivity contribution is 7.99. The fraction of sp³-hybridized carbons (Fsp3) is 0.476. The fourth-order valence-corrected chi connectivity index (χ4v) is 4.89. The number of carbonyl (C=O) groups is 1. The number of nitrogens with zero attached hydrogens (tertiary/aromatic N) is 3. The molecule has 1 saturated carbocycles. The highest BCUT2D eigenvalue weighted by Gasteiger charge is 2.23. The van der Waals surface area contributed by atoms with Crippen LogP contribution in [0.3, 0.4) is 0 Å². The van der Waals surface area contributed by atoms with Crippen molar-refractivity contribution < 1.29 is 9.21 Å². The first-order chi connectivity index (χ1) is 14.0. The minimum Gasteiger partial charge on any atom is -0.453 e. The summed E-state index contributed by atoms with van der Waals surface area (Å²) in [7, 11) is 0. The van der Waals surface area contributed by atoms with Gasteiger partial charge in [0.2, 0.25) is 11.7 Å². The number of rotatable bonds is 6. The topological polar surface area (TPSA) is 73.0 Å². The van der Waals surface area contributed by atoms with Crippen LogP contribution >= 0.6 is 23.4 Å². The minimum absolute atomic E-state index is 0.0549. The predicted molar refractivity (Wildman–Crippen MR) is 116 cm³/mol. The maximum Gasteiger partial charge on any atom is 0.230 e. The summed E-state index contributed by atoms with van der Waals surface area (Å²) in [6.45, 7) is 4.93. The lowest BCUT2D eigenvalue weighted by molar-refractivity contribution is -0.119. The van der Waals surface area contributed by atoms with E-state index in [1.165, 1.54) is 31.0 Å². The molecule has 8 heteroatoms. The Balaban J connectivity index is 1.46. The number of benzene rings is 1. The third kappa shape index (κ3) is 4.46. The van der Waals surface area contributed by atoms with E-state index in [1.807, 2.05) is 29.7 Å². The molecule has 154 valence electrons. The number of fused-ring (bicyclic) bond motifs is 1. The van der Waals surface area contributed by atoms with Crippen LogP contribution in [0, 0.1) is 5.92 Å². The number of carbonyl (C=O) groups excluding carboxylic acids is 1. The van der Waals surface area contributed by atoms with Gasteiger partial charge in [0.1, 0.15) is 5.58 Å². The van der Waals surface area contributed by atoms with Crippen LogP contribution in [0.2, 0.25) is 5.02 Å². The van der Waals surface area contributed by atoms with Crippen molar-refractivity contribution in [2.45, 2.75) is 57.3 Å². The van der Waals surface area contributed by atoms with Gasteiger partial charge >= 0.3 is 0 Å². The van der Waals surface area contributed by atoms with E-state index >= 15 is 0 Å². The lowest BCUT2D eigenvalue weighted by Crippen LogP contribution is -2.41. The quantitative estimate of drug-likeness (QED) is 0.545. The Morgan fingerprint density at radius 1 is 1.31 bits per heavy atom. The van der Waals surface area contributed by atoms with E-state index in [0.717, 1.165) is 17.4 Å². The molecule has 0 unspecified atom stereocenters. The van der Waals surface area contributed by atoms with Gasteiger partial charge in [-0.1, -0.05) is 43.1 Å². The molecule has 0 bridgehead atoms. The average Bonchev–Trinajstić information content (AvgIpc) is 3.31. The second-order valence-corrected chi connectivity index (χ2v) is 8.95. The Kier molecular flexibility index (Phi) is 6.15. The van der Waals surface area contributed by atoms with Crippen molar-refractivity contribution in [3.05, 3.63) is 29.3 Å². The van der Waals surface area contributed by atoms with Gasteiger partial charge in [0.15, 0.2) is 10.9 Å². The molecule has 0 spiro atoms. The van der Waals surface area contributed by atoms with Crippen molar-refractivity contribution >= 4 is 40.2 Å². The van der Waals surface area contributed by atoms with Crippen LogP contribution < -0.4 is 5.32 Å². The summed E-state index contributed by atoms with van der Waals surface area (Å²) in [4.78, 5) is 12.4. The van der Waals surface area contributed by atoms with Gasteiger partial charge in [-0.05, 0) is 49.9 Å². The van der Waals surface area contributed by atoms with Gasteiger partial charge in [-0.3, -0.25) is 9.36 Å². The van der Waals surface area contributed by atoms with Gasteiger partial charge < -0.3 is 9.73 Å². The molecule has 1 aliphatic rings. The summed E-state index contributed by atoms with van der Waals surface area (Å²) in [6.07, 6.45) is 4.72. The number of hydrogen-bond donors (Lipinski definition) is 1. The van der Waals surface area contributed by atoms with Gasteiger partial charge in [0, 0.05) is 23.0 Å². The van der Waals surface area contributed by atoms with Crippen LogP contribution in [0.1, 0.15) is 39.5 Å². The Labute approximate surface area is 179 Å². The maximum absolute atomic E-state index is 12.4. The van der Waals surface area contributed by atoms with Crippen molar-refractivity contribution in [1.82, 2.24) is 20.1 Å². The third-order valence-corrected chi connectivity index (χ3v) is 6.72. The molecule has 1 aromatic carbocycles. The summed E-state index contributed by atoms with van der Waals surface area (Å²) in [5, 5.41) is 14.1. The van der Waals surface area contributed by atoms with Crippen LogP contribution in [0.25, 0.3) is 22.6 Å². The molecule has 1 N–H and O–H groups in total. The molecule has 2 aromatic heterocycles. The zero-order valence-corrected chi connectivity index (χ0v) is 18.2. The molecule has 4 rings (SSSR count). The van der Waals surface area contributed by atoms with Crippen LogP contribution in [0.5, 0.6) is 0 Å². The van der Waals surface area contributed by atoms with E-state index in [0.29, 0.717) is 46.0 Å². The maximum atomic E-state index is 12.4. The largest absolute Gasteiger partial charge is 0.453 e. The van der Waals surface area contributed by atoms with Crippen LogP contribution in [0.4, 0.5) is 0 Å². The van der Waals surface area contributed by atoms with Crippen molar-refractivity contribution in [2.75, 3.05) is 5.75 Å². The lowest BCUT2D eigenvalue weighted by Gasteiger charge is -2.29. The zero-order valence-electron chi connectivity index (χ0n) is 16.7. The number of hydrogen-bond acceptors (Lipinski definition) is 5. The molecular formula is C21H25ClN4O2S. The second kappa shape index (κ2) is 8.79. The molecule has 1 fully saturated rings. The Morgan fingerprint density at radius 2 is 2.14 bits per heavy atom. The highest BCUT2D eigenvalue weighted by atomic mass is 35.5. The van der Waals surface area contributed by atoms with Crippen molar-refractivity contribution in [3.8, 4) is 11.6 Å². The van der Waals surface area contributed by atoms with Crippen LogP contribution in [-0.4, -0.2) is 32.5 Å². The van der Waals surface area contributed by atoms with Crippen molar-refractivity contribution in [3.63, 3.8) is 0 Å². The van der Waals surface area contributed by atoms with Gasteiger partial charge in [-0.25, -0.2) is 0 Å². The molecule has 1 aliphatic carbocycles. The monoisotopic (exact) mass is 432 g/mol. The Bertz CT molecular complexity index is 1020. The number of aromatic nitrogens is 3. The number of amides is 1. The predicted octanol–water partition coefficient (Wildman–Crippen LogP) is 5.15. The van der Waals surface area contributed by atoms with E-state index in [-0.39, 0.29) is 5.91 Å². The molecule has 1 amide bonds. The molecule has 0 saturated heterocycles. The van der Waals surface area contributed by atoms with Gasteiger partial charge in [-0.2, -0.15) is 0 Å². The van der Waals surface area contributed by atoms with E-state index < -0.39 is 0 Å². The summed E-state index contributed by atoms with van der Waals surface area (Å²) in [6, 6.07) is 7.72. The molecule has 2 heterocycles. The molecule has 0 aliphatic heterocycles. The fourth-order valence-electron chi connectivity index (χ4n) is 3.90. The molecule has 0 radical (unpaired) electrons. The lowest BCUT2D eigenvalue weighted by atomic mass is 9.86. The number of nitrogens with one attached hydrogen (secondary N) is 1. The zero-order chi connectivity index (χ0) is 20.4. The van der Waals surface area contributed by atoms with Gasteiger partial charge in [0.25, 0.3) is 0 Å². The van der Waals surface area contributed by atoms with E-state index in [4.69, 9.17) is 16.0 Å². The first kappa shape index (κ1) is 20.3. The highest BCUT2D eigenvalue weighted by Crippen LogP contribution is 2.31. The Hall–Kier alpha value is -1.99. The van der Waals surface area contributed by atoms with E-state index in [2.05, 4.69) is 22.4 Å². The van der Waals surface area contributed by atoms with Crippen LogP contribution in [0.15, 0.2) is 33.8 Å². The summed E-state index contributed by atoms with van der Waals surface area (Å²) >= 11 is 7.48. The SMILES string of the molecule is CCn1c(SCC(=O)N[C@H]2CCCC[C@H]2C)nnc1-c1cc2cc(Cl)ccc2o1.